The highest BCUT2D eigenvalue weighted by Crippen LogP contribution is 2.13. The van der Waals surface area contributed by atoms with Crippen LogP contribution in [0.4, 0.5) is 4.79 Å². The molecule has 1 amide bonds. The predicted octanol–water partition coefficient (Wildman–Crippen LogP) is 4.93. The van der Waals surface area contributed by atoms with Crippen LogP contribution in [-0.4, -0.2) is 42.8 Å². The van der Waals surface area contributed by atoms with Crippen LogP contribution >= 0.6 is 0 Å². The van der Waals surface area contributed by atoms with E-state index in [1.165, 1.54) is 45.6 Å². The quantitative estimate of drug-likeness (QED) is 0.372. The Morgan fingerprint density at radius 2 is 1.42 bits per heavy atom. The zero-order chi connectivity index (χ0) is 18.4. The van der Waals surface area contributed by atoms with Crippen molar-refractivity contribution in [3.8, 4) is 0 Å². The molecule has 0 aliphatic heterocycles. The van der Waals surface area contributed by atoms with E-state index in [0.29, 0.717) is 13.1 Å². The molecule has 0 spiro atoms. The number of amides is 1. The van der Waals surface area contributed by atoms with Crippen LogP contribution in [0.3, 0.4) is 0 Å². The Morgan fingerprint density at radius 1 is 0.875 bits per heavy atom. The van der Waals surface area contributed by atoms with E-state index in [1.54, 1.807) is 4.90 Å². The van der Waals surface area contributed by atoms with Crippen LogP contribution in [0.15, 0.2) is 0 Å². The SMILES string of the molecule is CCCCCCCCCCN(CCC(=O)OC)C(=O)OC(C)(C)C. The Morgan fingerprint density at radius 3 is 1.92 bits per heavy atom. The molecule has 0 rings (SSSR count). The normalized spacial score (nSPS) is 11.2. The topological polar surface area (TPSA) is 55.8 Å². The molecule has 0 aliphatic rings. The van der Waals surface area contributed by atoms with E-state index < -0.39 is 5.60 Å². The zero-order valence-electron chi connectivity index (χ0n) is 16.4. The molecule has 5 heteroatoms. The van der Waals surface area contributed by atoms with Crippen LogP contribution in [0.25, 0.3) is 0 Å². The molecule has 0 N–H and O–H groups in total. The van der Waals surface area contributed by atoms with Crippen molar-refractivity contribution in [2.45, 2.75) is 91.1 Å². The van der Waals surface area contributed by atoms with Crippen LogP contribution in [0.1, 0.15) is 85.5 Å². The van der Waals surface area contributed by atoms with Crippen molar-refractivity contribution in [1.82, 2.24) is 4.90 Å². The van der Waals surface area contributed by atoms with Gasteiger partial charge >= 0.3 is 12.1 Å². The summed E-state index contributed by atoms with van der Waals surface area (Å²) in [5, 5.41) is 0. The maximum atomic E-state index is 12.2. The van der Waals surface area contributed by atoms with E-state index in [1.807, 2.05) is 20.8 Å². The molecule has 5 nitrogen and oxygen atoms in total. The van der Waals surface area contributed by atoms with Gasteiger partial charge in [-0.15, -0.1) is 0 Å². The molecule has 0 heterocycles. The summed E-state index contributed by atoms with van der Waals surface area (Å²) >= 11 is 0. The molecule has 0 atom stereocenters. The lowest BCUT2D eigenvalue weighted by atomic mass is 10.1. The first-order valence-corrected chi connectivity index (χ1v) is 9.35. The van der Waals surface area contributed by atoms with Crippen molar-refractivity contribution in [1.29, 1.82) is 0 Å². The Hall–Kier alpha value is -1.26. The summed E-state index contributed by atoms with van der Waals surface area (Å²) in [6, 6.07) is 0. The van der Waals surface area contributed by atoms with E-state index in [2.05, 4.69) is 11.7 Å². The molecule has 0 unspecified atom stereocenters. The molecular weight excluding hydrogens is 306 g/mol. The number of methoxy groups -OCH3 is 1. The van der Waals surface area contributed by atoms with Crippen molar-refractivity contribution in [3.05, 3.63) is 0 Å². The van der Waals surface area contributed by atoms with E-state index in [9.17, 15) is 9.59 Å². The van der Waals surface area contributed by atoms with Gasteiger partial charge in [0.05, 0.1) is 13.5 Å². The smallest absolute Gasteiger partial charge is 0.410 e. The Balaban J connectivity index is 4.15. The lowest BCUT2D eigenvalue weighted by Crippen LogP contribution is -2.38. The van der Waals surface area contributed by atoms with Gasteiger partial charge in [0.2, 0.25) is 0 Å². The van der Waals surface area contributed by atoms with Gasteiger partial charge in [-0.3, -0.25) is 4.79 Å². The number of ether oxygens (including phenoxy) is 2. The van der Waals surface area contributed by atoms with Crippen molar-refractivity contribution >= 4 is 12.1 Å². The molecule has 0 aliphatic carbocycles. The maximum Gasteiger partial charge on any atom is 0.410 e. The van der Waals surface area contributed by atoms with E-state index in [4.69, 9.17) is 4.74 Å². The molecule has 0 aromatic carbocycles. The molecule has 24 heavy (non-hydrogen) atoms. The van der Waals surface area contributed by atoms with Crippen LogP contribution in [-0.2, 0) is 14.3 Å². The fraction of sp³-hybridized carbons (Fsp3) is 0.895. The lowest BCUT2D eigenvalue weighted by molar-refractivity contribution is -0.140. The first-order valence-electron chi connectivity index (χ1n) is 9.35. The number of hydrogen-bond acceptors (Lipinski definition) is 4. The van der Waals surface area contributed by atoms with Crippen molar-refractivity contribution < 1.29 is 19.1 Å². The van der Waals surface area contributed by atoms with Crippen LogP contribution in [0, 0.1) is 0 Å². The molecule has 142 valence electrons. The number of rotatable bonds is 12. The highest BCUT2D eigenvalue weighted by Gasteiger charge is 2.22. The highest BCUT2D eigenvalue weighted by molar-refractivity contribution is 5.72. The van der Waals surface area contributed by atoms with Crippen LogP contribution in [0.5, 0.6) is 0 Å². The third-order valence-corrected chi connectivity index (χ3v) is 3.75. The number of carbonyl (C=O) groups excluding carboxylic acids is 2. The molecule has 0 aromatic heterocycles. The van der Waals surface area contributed by atoms with Crippen molar-refractivity contribution in [2.75, 3.05) is 20.2 Å². The summed E-state index contributed by atoms with van der Waals surface area (Å²) in [7, 11) is 1.36. The third-order valence-electron chi connectivity index (χ3n) is 3.75. The summed E-state index contributed by atoms with van der Waals surface area (Å²) in [5.74, 6) is -0.306. The third kappa shape index (κ3) is 13.2. The number of esters is 1. The van der Waals surface area contributed by atoms with Gasteiger partial charge in [-0.1, -0.05) is 51.9 Å². The Labute approximate surface area is 148 Å². The molecule has 0 radical (unpaired) electrons. The minimum absolute atomic E-state index is 0.201. The van der Waals surface area contributed by atoms with Gasteiger partial charge in [0.1, 0.15) is 5.60 Å². The molecule has 0 aromatic rings. The Kier molecular flexibility index (Phi) is 12.4. The summed E-state index contributed by atoms with van der Waals surface area (Å²) in [6.45, 7) is 8.73. The highest BCUT2D eigenvalue weighted by atomic mass is 16.6. The molecule has 0 saturated carbocycles. The van der Waals surface area contributed by atoms with E-state index in [0.717, 1.165) is 12.8 Å². The lowest BCUT2D eigenvalue weighted by Gasteiger charge is -2.27. The van der Waals surface area contributed by atoms with Gasteiger partial charge in [0.15, 0.2) is 0 Å². The van der Waals surface area contributed by atoms with Crippen molar-refractivity contribution in [2.24, 2.45) is 0 Å². The second-order valence-corrected chi connectivity index (χ2v) is 7.27. The first kappa shape index (κ1) is 22.7. The van der Waals surface area contributed by atoms with Crippen LogP contribution < -0.4 is 0 Å². The number of unbranched alkanes of at least 4 members (excludes halogenated alkanes) is 7. The summed E-state index contributed by atoms with van der Waals surface area (Å²) in [5.41, 5.74) is -0.528. The van der Waals surface area contributed by atoms with Gasteiger partial charge in [-0.05, 0) is 27.2 Å². The molecule has 0 saturated heterocycles. The minimum atomic E-state index is -0.528. The number of nitrogens with zero attached hydrogens (tertiary/aromatic N) is 1. The fourth-order valence-electron chi connectivity index (χ4n) is 2.39. The van der Waals surface area contributed by atoms with E-state index in [-0.39, 0.29) is 18.5 Å². The molecular formula is C19H37NO4. The minimum Gasteiger partial charge on any atom is -0.469 e. The number of carbonyl (C=O) groups is 2. The average Bonchev–Trinajstić information content (AvgIpc) is 2.50. The van der Waals surface area contributed by atoms with Crippen molar-refractivity contribution in [3.63, 3.8) is 0 Å². The second kappa shape index (κ2) is 13.1. The summed E-state index contributed by atoms with van der Waals surface area (Å²) in [4.78, 5) is 25.2. The molecule has 0 bridgehead atoms. The monoisotopic (exact) mass is 343 g/mol. The van der Waals surface area contributed by atoms with Gasteiger partial charge in [-0.2, -0.15) is 0 Å². The first-order chi connectivity index (χ1) is 11.3. The molecule has 0 fully saturated rings. The second-order valence-electron chi connectivity index (χ2n) is 7.27. The average molecular weight is 344 g/mol. The number of hydrogen-bond donors (Lipinski definition) is 0. The van der Waals surface area contributed by atoms with E-state index >= 15 is 0 Å². The standard InChI is InChI=1S/C19H37NO4/c1-6-7-8-9-10-11-12-13-15-20(16-14-17(21)23-5)18(22)24-19(2,3)4/h6-16H2,1-5H3. The van der Waals surface area contributed by atoms with Gasteiger partial charge in [0, 0.05) is 13.1 Å². The predicted molar refractivity (Wildman–Crippen MR) is 97.1 cm³/mol. The van der Waals surface area contributed by atoms with Crippen LogP contribution in [0.2, 0.25) is 0 Å². The Bertz CT molecular complexity index is 350. The van der Waals surface area contributed by atoms with Gasteiger partial charge in [0.25, 0.3) is 0 Å². The largest absolute Gasteiger partial charge is 0.469 e. The zero-order valence-corrected chi connectivity index (χ0v) is 16.4. The maximum absolute atomic E-state index is 12.2. The van der Waals surface area contributed by atoms with Gasteiger partial charge < -0.3 is 14.4 Å². The van der Waals surface area contributed by atoms with Gasteiger partial charge in [-0.25, -0.2) is 4.79 Å². The summed E-state index contributed by atoms with van der Waals surface area (Å²) < 4.78 is 10.1. The fourth-order valence-corrected chi connectivity index (χ4v) is 2.39. The summed E-state index contributed by atoms with van der Waals surface area (Å²) in [6.07, 6.45) is 9.55.